The molecule has 0 aliphatic carbocycles. The molecule has 10 aromatic rings. The lowest BCUT2D eigenvalue weighted by atomic mass is 9.92. The molecule has 60 heavy (non-hydrogen) atoms. The zero-order valence-electron chi connectivity index (χ0n) is 33.3. The third-order valence-corrected chi connectivity index (χ3v) is 11.1. The molecule has 0 unspecified atom stereocenters. The fourth-order valence-corrected chi connectivity index (χ4v) is 7.94. The monoisotopic (exact) mass is 769 g/mol. The first-order valence-electron chi connectivity index (χ1n) is 20.1. The summed E-state index contributed by atoms with van der Waals surface area (Å²) in [4.78, 5) is 24.6. The second kappa shape index (κ2) is 15.8. The molecule has 0 saturated carbocycles. The summed E-state index contributed by atoms with van der Waals surface area (Å²) in [6.45, 7) is 4.07. The van der Waals surface area contributed by atoms with Crippen LogP contribution in [0.15, 0.2) is 200 Å². The Morgan fingerprint density at radius 2 is 0.833 bits per heavy atom. The summed E-state index contributed by atoms with van der Waals surface area (Å²) in [7, 11) is 0. The van der Waals surface area contributed by atoms with Crippen LogP contribution in [-0.4, -0.2) is 24.9 Å². The van der Waals surface area contributed by atoms with Crippen LogP contribution in [0.3, 0.4) is 0 Å². The van der Waals surface area contributed by atoms with E-state index in [1.165, 1.54) is 21.9 Å². The lowest BCUT2D eigenvalue weighted by Gasteiger charge is -2.14. The number of aromatic nitrogens is 5. The molecule has 5 heteroatoms. The average Bonchev–Trinajstić information content (AvgIpc) is 3.32. The number of aryl methyl sites for hydroxylation is 2. The molecule has 3 heterocycles. The van der Waals surface area contributed by atoms with E-state index in [0.717, 1.165) is 72.6 Å². The van der Waals surface area contributed by atoms with Crippen molar-refractivity contribution in [3.8, 4) is 89.8 Å². The maximum absolute atomic E-state index is 5.24. The summed E-state index contributed by atoms with van der Waals surface area (Å²) in [5, 5.41) is 2.38. The van der Waals surface area contributed by atoms with E-state index in [2.05, 4.69) is 188 Å². The van der Waals surface area contributed by atoms with Gasteiger partial charge in [0, 0.05) is 46.0 Å². The molecule has 0 N–H and O–H groups in total. The zero-order chi connectivity index (χ0) is 40.4. The molecule has 7 aromatic carbocycles. The Kier molecular flexibility index (Phi) is 9.60. The normalized spacial score (nSPS) is 11.2. The average molecular weight is 770 g/mol. The molecule has 5 nitrogen and oxygen atoms in total. The van der Waals surface area contributed by atoms with Crippen LogP contribution in [0.5, 0.6) is 0 Å². The molecular formula is C55H39N5. The number of rotatable bonds is 8. The van der Waals surface area contributed by atoms with E-state index in [4.69, 9.17) is 19.9 Å². The van der Waals surface area contributed by atoms with Crippen LogP contribution in [0.2, 0.25) is 0 Å². The Bertz CT molecular complexity index is 3120. The highest BCUT2D eigenvalue weighted by Gasteiger charge is 2.17. The van der Waals surface area contributed by atoms with Crippen molar-refractivity contribution in [2.45, 2.75) is 13.8 Å². The van der Waals surface area contributed by atoms with Crippen LogP contribution >= 0.6 is 0 Å². The van der Waals surface area contributed by atoms with E-state index in [9.17, 15) is 0 Å². The molecule has 284 valence electrons. The number of benzene rings is 7. The Morgan fingerprint density at radius 3 is 1.50 bits per heavy atom. The Balaban J connectivity index is 1.14. The topological polar surface area (TPSA) is 64.5 Å². The van der Waals surface area contributed by atoms with Gasteiger partial charge in [-0.1, -0.05) is 158 Å². The first kappa shape index (κ1) is 36.5. The third kappa shape index (κ3) is 7.36. The Labute approximate surface area is 349 Å². The number of hydrogen-bond acceptors (Lipinski definition) is 5. The van der Waals surface area contributed by atoms with Gasteiger partial charge in [-0.2, -0.15) is 0 Å². The molecule has 0 saturated heterocycles. The second-order valence-corrected chi connectivity index (χ2v) is 15.1. The van der Waals surface area contributed by atoms with Crippen LogP contribution in [-0.2, 0) is 0 Å². The summed E-state index contributed by atoms with van der Waals surface area (Å²) < 4.78 is 0. The number of pyridine rings is 2. The predicted octanol–water partition coefficient (Wildman–Crippen LogP) is 13.8. The van der Waals surface area contributed by atoms with Crippen LogP contribution in [0.1, 0.15) is 11.4 Å². The van der Waals surface area contributed by atoms with Gasteiger partial charge >= 0.3 is 0 Å². The first-order valence-corrected chi connectivity index (χ1v) is 20.1. The lowest BCUT2D eigenvalue weighted by Crippen LogP contribution is -2.01. The van der Waals surface area contributed by atoms with Crippen molar-refractivity contribution in [2.75, 3.05) is 0 Å². The minimum atomic E-state index is 0.596. The van der Waals surface area contributed by atoms with Crippen molar-refractivity contribution >= 4 is 10.8 Å². The van der Waals surface area contributed by atoms with Crippen LogP contribution in [0.25, 0.3) is 101 Å². The number of hydrogen-bond donors (Lipinski definition) is 0. The molecule has 10 rings (SSSR count). The molecule has 0 aliphatic rings. The van der Waals surface area contributed by atoms with Gasteiger partial charge < -0.3 is 0 Å². The van der Waals surface area contributed by atoms with Crippen molar-refractivity contribution in [1.29, 1.82) is 0 Å². The molecule has 0 spiro atoms. The van der Waals surface area contributed by atoms with Gasteiger partial charge in [0.05, 0.1) is 0 Å². The summed E-state index contributed by atoms with van der Waals surface area (Å²) >= 11 is 0. The molecule has 0 aliphatic heterocycles. The van der Waals surface area contributed by atoms with Gasteiger partial charge in [-0.25, -0.2) is 15.0 Å². The molecule has 3 aromatic heterocycles. The van der Waals surface area contributed by atoms with Gasteiger partial charge in [0.2, 0.25) is 0 Å². The molecule has 0 atom stereocenters. The molecule has 0 fully saturated rings. The predicted molar refractivity (Wildman–Crippen MR) is 246 cm³/mol. The Hall–Kier alpha value is -7.89. The highest BCUT2D eigenvalue weighted by atomic mass is 15.0. The quantitative estimate of drug-likeness (QED) is 0.154. The Morgan fingerprint density at radius 1 is 0.317 bits per heavy atom. The van der Waals surface area contributed by atoms with E-state index in [-0.39, 0.29) is 0 Å². The fourth-order valence-electron chi connectivity index (χ4n) is 7.94. The maximum Gasteiger partial charge on any atom is 0.164 e. The third-order valence-electron chi connectivity index (χ3n) is 11.1. The highest BCUT2D eigenvalue weighted by Crippen LogP contribution is 2.37. The summed E-state index contributed by atoms with van der Waals surface area (Å²) in [5.74, 6) is 1.79. The fraction of sp³-hybridized carbons (Fsp3) is 0.0364. The van der Waals surface area contributed by atoms with Gasteiger partial charge in [-0.05, 0) is 105 Å². The van der Waals surface area contributed by atoms with Crippen molar-refractivity contribution < 1.29 is 0 Å². The summed E-state index contributed by atoms with van der Waals surface area (Å²) in [5.41, 5.74) is 15.8. The van der Waals surface area contributed by atoms with Gasteiger partial charge in [0.25, 0.3) is 0 Å². The van der Waals surface area contributed by atoms with Gasteiger partial charge in [-0.15, -0.1) is 0 Å². The van der Waals surface area contributed by atoms with Gasteiger partial charge in [0.1, 0.15) is 0 Å². The van der Waals surface area contributed by atoms with E-state index in [1.54, 1.807) is 6.20 Å². The smallest absolute Gasteiger partial charge is 0.164 e. The van der Waals surface area contributed by atoms with E-state index in [1.807, 2.05) is 25.3 Å². The van der Waals surface area contributed by atoms with Crippen LogP contribution in [0.4, 0.5) is 0 Å². The molecule has 0 radical (unpaired) electrons. The van der Waals surface area contributed by atoms with Crippen molar-refractivity contribution in [1.82, 2.24) is 24.9 Å². The van der Waals surface area contributed by atoms with E-state index in [0.29, 0.717) is 17.5 Å². The van der Waals surface area contributed by atoms with Crippen molar-refractivity contribution in [3.63, 3.8) is 0 Å². The standard InChI is InChI=1S/C55H39N5/c1-36-17-30-50(37(2)57-36)43-24-28-45(29-25-43)54-58-53(44-26-22-40(23-27-44)46-14-9-31-56-35-46)59-55(60-54)49-33-47(41-20-18-39(19-21-41)38-10-4-3-5-11-38)32-48(34-49)52-16-8-13-42-12-6-7-15-51(42)52/h3-35H,1-2H3. The number of nitrogens with zero attached hydrogens (tertiary/aromatic N) is 5. The number of fused-ring (bicyclic) bond motifs is 1. The molecular weight excluding hydrogens is 731 g/mol. The van der Waals surface area contributed by atoms with E-state index < -0.39 is 0 Å². The molecule has 0 amide bonds. The maximum atomic E-state index is 5.24. The largest absolute Gasteiger partial charge is 0.264 e. The summed E-state index contributed by atoms with van der Waals surface area (Å²) in [6.07, 6.45) is 3.67. The van der Waals surface area contributed by atoms with Crippen LogP contribution < -0.4 is 0 Å². The minimum absolute atomic E-state index is 0.596. The first-order chi connectivity index (χ1) is 29.5. The lowest BCUT2D eigenvalue weighted by molar-refractivity contribution is 1.07. The zero-order valence-corrected chi connectivity index (χ0v) is 33.3. The highest BCUT2D eigenvalue weighted by molar-refractivity contribution is 5.98. The van der Waals surface area contributed by atoms with Crippen molar-refractivity contribution in [2.24, 2.45) is 0 Å². The minimum Gasteiger partial charge on any atom is -0.264 e. The summed E-state index contributed by atoms with van der Waals surface area (Å²) in [6, 6.07) is 66.0. The van der Waals surface area contributed by atoms with Crippen molar-refractivity contribution in [3.05, 3.63) is 212 Å². The van der Waals surface area contributed by atoms with Crippen LogP contribution in [0, 0.1) is 13.8 Å². The van der Waals surface area contributed by atoms with E-state index >= 15 is 0 Å². The SMILES string of the molecule is Cc1ccc(-c2ccc(-c3nc(-c4ccc(-c5cccnc5)cc4)nc(-c4cc(-c5ccc(-c6ccccc6)cc5)cc(-c5cccc6ccccc56)c4)n3)cc2)c(C)n1. The molecule has 0 bridgehead atoms. The second-order valence-electron chi connectivity index (χ2n) is 15.1. The van der Waals surface area contributed by atoms with Gasteiger partial charge in [0.15, 0.2) is 17.5 Å². The van der Waals surface area contributed by atoms with Gasteiger partial charge in [-0.3, -0.25) is 9.97 Å².